The number of hydrogen-bond donors (Lipinski definition) is 2. The number of benzene rings is 2. The summed E-state index contributed by atoms with van der Waals surface area (Å²) in [7, 11) is 0. The van der Waals surface area contributed by atoms with E-state index in [0.717, 1.165) is 5.56 Å². The van der Waals surface area contributed by atoms with Crippen molar-refractivity contribution in [3.63, 3.8) is 0 Å². The highest BCUT2D eigenvalue weighted by Crippen LogP contribution is 2.25. The van der Waals surface area contributed by atoms with Gasteiger partial charge < -0.3 is 16.2 Å². The number of ketones is 1. The van der Waals surface area contributed by atoms with E-state index < -0.39 is 17.3 Å². The topological polar surface area (TPSA) is 95.4 Å². The molecule has 0 heterocycles. The Hall–Kier alpha value is -2.66. The molecule has 4 N–H and O–H groups in total. The third-order valence-corrected chi connectivity index (χ3v) is 4.49. The number of esters is 1. The maximum absolute atomic E-state index is 13.0. The van der Waals surface area contributed by atoms with Gasteiger partial charge in [-0.15, -0.1) is 0 Å². The standard InChI is InChI=1S/C20H24N2O3/c1-3-14(2)20(22,18(23)16-9-11-17(21)12-10-16)19(24)25-13-15-7-5-4-6-8-15/h4-12,14H,3,13,21-22H2,1-2H3/t14-,20+/m0/s1. The zero-order chi connectivity index (χ0) is 18.4. The number of nitrogen functional groups attached to an aromatic ring is 1. The molecule has 2 atom stereocenters. The maximum atomic E-state index is 13.0. The minimum atomic E-state index is -1.74. The predicted molar refractivity (Wildman–Crippen MR) is 97.8 cm³/mol. The first-order valence-corrected chi connectivity index (χ1v) is 8.30. The summed E-state index contributed by atoms with van der Waals surface area (Å²) in [5.41, 5.74) is 12.0. The molecule has 0 saturated heterocycles. The Bertz CT molecular complexity index is 728. The van der Waals surface area contributed by atoms with Gasteiger partial charge in [-0.2, -0.15) is 0 Å². The second-order valence-corrected chi connectivity index (χ2v) is 6.19. The quantitative estimate of drug-likeness (QED) is 0.350. The molecule has 0 fully saturated rings. The molecule has 0 aliphatic heterocycles. The average molecular weight is 340 g/mol. The molecular formula is C20H24N2O3. The maximum Gasteiger partial charge on any atom is 0.334 e. The smallest absolute Gasteiger partial charge is 0.334 e. The summed E-state index contributed by atoms with van der Waals surface area (Å²) in [6.07, 6.45) is 0.567. The third kappa shape index (κ3) is 4.06. The van der Waals surface area contributed by atoms with Crippen LogP contribution in [0, 0.1) is 5.92 Å². The summed E-state index contributed by atoms with van der Waals surface area (Å²) < 4.78 is 5.37. The molecule has 25 heavy (non-hydrogen) atoms. The van der Waals surface area contributed by atoms with E-state index in [1.165, 1.54) is 0 Å². The lowest BCUT2D eigenvalue weighted by molar-refractivity contribution is -0.151. The SMILES string of the molecule is CC[C@H](C)[C@](N)(C(=O)OCc1ccccc1)C(=O)c1ccc(N)cc1. The van der Waals surface area contributed by atoms with E-state index in [9.17, 15) is 9.59 Å². The molecule has 0 aromatic heterocycles. The minimum Gasteiger partial charge on any atom is -0.459 e. The summed E-state index contributed by atoms with van der Waals surface area (Å²) in [6.45, 7) is 3.73. The number of hydrogen-bond acceptors (Lipinski definition) is 5. The van der Waals surface area contributed by atoms with Crippen molar-refractivity contribution in [3.8, 4) is 0 Å². The zero-order valence-corrected chi connectivity index (χ0v) is 14.6. The molecule has 2 rings (SSSR count). The number of Topliss-reactive ketones (excluding diaryl/α,β-unsaturated/α-hetero) is 1. The number of anilines is 1. The average Bonchev–Trinajstić information content (AvgIpc) is 2.65. The van der Waals surface area contributed by atoms with Crippen LogP contribution in [-0.4, -0.2) is 17.3 Å². The van der Waals surface area contributed by atoms with Crippen LogP contribution < -0.4 is 11.5 Å². The van der Waals surface area contributed by atoms with Crippen molar-refractivity contribution >= 4 is 17.4 Å². The van der Waals surface area contributed by atoms with Gasteiger partial charge in [-0.3, -0.25) is 4.79 Å². The molecule has 5 heteroatoms. The lowest BCUT2D eigenvalue weighted by Crippen LogP contribution is -2.60. The Morgan fingerprint density at radius 2 is 1.68 bits per heavy atom. The van der Waals surface area contributed by atoms with E-state index in [2.05, 4.69) is 0 Å². The van der Waals surface area contributed by atoms with Crippen LogP contribution in [0.4, 0.5) is 5.69 Å². The molecule has 2 aromatic carbocycles. The predicted octanol–water partition coefficient (Wildman–Crippen LogP) is 2.94. The summed E-state index contributed by atoms with van der Waals surface area (Å²) in [5, 5.41) is 0. The third-order valence-electron chi connectivity index (χ3n) is 4.49. The molecule has 2 aromatic rings. The van der Waals surface area contributed by atoms with Crippen molar-refractivity contribution in [1.82, 2.24) is 0 Å². The zero-order valence-electron chi connectivity index (χ0n) is 14.6. The van der Waals surface area contributed by atoms with E-state index in [1.807, 2.05) is 37.3 Å². The van der Waals surface area contributed by atoms with E-state index >= 15 is 0 Å². The molecular weight excluding hydrogens is 316 g/mol. The monoisotopic (exact) mass is 340 g/mol. The van der Waals surface area contributed by atoms with Crippen LogP contribution >= 0.6 is 0 Å². The fraction of sp³-hybridized carbons (Fsp3) is 0.300. The molecule has 0 aliphatic carbocycles. The van der Waals surface area contributed by atoms with E-state index in [0.29, 0.717) is 17.7 Å². The minimum absolute atomic E-state index is 0.0735. The van der Waals surface area contributed by atoms with Gasteiger partial charge in [0.15, 0.2) is 11.3 Å². The fourth-order valence-corrected chi connectivity index (χ4v) is 2.56. The molecule has 0 radical (unpaired) electrons. The lowest BCUT2D eigenvalue weighted by atomic mass is 9.78. The molecule has 0 saturated carbocycles. The van der Waals surface area contributed by atoms with Crippen LogP contribution in [0.2, 0.25) is 0 Å². The van der Waals surface area contributed by atoms with Crippen LogP contribution in [0.25, 0.3) is 0 Å². The van der Waals surface area contributed by atoms with Gasteiger partial charge in [0.05, 0.1) is 0 Å². The van der Waals surface area contributed by atoms with Gasteiger partial charge in [0, 0.05) is 11.3 Å². The first-order chi connectivity index (χ1) is 11.9. The van der Waals surface area contributed by atoms with Gasteiger partial charge in [0.2, 0.25) is 0 Å². The van der Waals surface area contributed by atoms with Crippen molar-refractivity contribution in [2.45, 2.75) is 32.4 Å². The van der Waals surface area contributed by atoms with Crippen molar-refractivity contribution in [1.29, 1.82) is 0 Å². The van der Waals surface area contributed by atoms with Crippen LogP contribution in [-0.2, 0) is 16.1 Å². The summed E-state index contributed by atoms with van der Waals surface area (Å²) in [6, 6.07) is 15.6. The number of nitrogens with two attached hydrogens (primary N) is 2. The second kappa shape index (κ2) is 7.94. The molecule has 0 aliphatic rings. The molecule has 0 spiro atoms. The fourth-order valence-electron chi connectivity index (χ4n) is 2.56. The first-order valence-electron chi connectivity index (χ1n) is 8.30. The van der Waals surface area contributed by atoms with Crippen LogP contribution in [0.1, 0.15) is 36.2 Å². The molecule has 132 valence electrons. The lowest BCUT2D eigenvalue weighted by Gasteiger charge is -2.31. The highest BCUT2D eigenvalue weighted by atomic mass is 16.5. The van der Waals surface area contributed by atoms with Crippen molar-refractivity contribution < 1.29 is 14.3 Å². The van der Waals surface area contributed by atoms with Gasteiger partial charge >= 0.3 is 5.97 Å². The summed E-state index contributed by atoms with van der Waals surface area (Å²) in [4.78, 5) is 25.7. The van der Waals surface area contributed by atoms with Crippen LogP contribution in [0.15, 0.2) is 54.6 Å². The second-order valence-electron chi connectivity index (χ2n) is 6.19. The Kier molecular flexibility index (Phi) is 5.93. The number of carbonyl (C=O) groups is 2. The van der Waals surface area contributed by atoms with Crippen LogP contribution in [0.3, 0.4) is 0 Å². The first kappa shape index (κ1) is 18.7. The van der Waals surface area contributed by atoms with Crippen molar-refractivity contribution in [3.05, 3.63) is 65.7 Å². The Morgan fingerprint density at radius 3 is 2.24 bits per heavy atom. The van der Waals surface area contributed by atoms with Crippen LogP contribution in [0.5, 0.6) is 0 Å². The number of carbonyl (C=O) groups excluding carboxylic acids is 2. The Morgan fingerprint density at radius 1 is 1.08 bits per heavy atom. The molecule has 5 nitrogen and oxygen atoms in total. The van der Waals surface area contributed by atoms with Crippen molar-refractivity contribution in [2.24, 2.45) is 11.7 Å². The van der Waals surface area contributed by atoms with Crippen molar-refractivity contribution in [2.75, 3.05) is 5.73 Å². The number of ether oxygens (including phenoxy) is 1. The van der Waals surface area contributed by atoms with Gasteiger partial charge in [0.25, 0.3) is 0 Å². The molecule has 0 unspecified atom stereocenters. The van der Waals surface area contributed by atoms with E-state index in [-0.39, 0.29) is 12.5 Å². The Balaban J connectivity index is 2.25. The normalized spacial score (nSPS) is 14.4. The highest BCUT2D eigenvalue weighted by Gasteiger charge is 2.47. The van der Waals surface area contributed by atoms with E-state index in [1.54, 1.807) is 31.2 Å². The molecule has 0 bridgehead atoms. The summed E-state index contributed by atoms with van der Waals surface area (Å²) in [5.74, 6) is -1.55. The number of rotatable bonds is 7. The van der Waals surface area contributed by atoms with Gasteiger partial charge in [0.1, 0.15) is 6.61 Å². The van der Waals surface area contributed by atoms with Gasteiger partial charge in [-0.05, 0) is 35.7 Å². The summed E-state index contributed by atoms with van der Waals surface area (Å²) >= 11 is 0. The van der Waals surface area contributed by atoms with Gasteiger partial charge in [-0.1, -0.05) is 50.6 Å². The van der Waals surface area contributed by atoms with Gasteiger partial charge in [-0.25, -0.2) is 4.79 Å². The highest BCUT2D eigenvalue weighted by molar-refractivity contribution is 6.16. The largest absolute Gasteiger partial charge is 0.459 e. The Labute approximate surface area is 148 Å². The van der Waals surface area contributed by atoms with E-state index in [4.69, 9.17) is 16.2 Å². The molecule has 0 amide bonds.